The fourth-order valence-corrected chi connectivity index (χ4v) is 1.86. The molecule has 0 amide bonds. The number of alkyl halides is 3. The SMILES string of the molecule is COCCN(CCOC)c1ccc(C=O)c(C(F)(F)F)c1. The fraction of sp³-hybridized carbons (Fsp3) is 0.500. The fourth-order valence-electron chi connectivity index (χ4n) is 1.86. The van der Waals surface area contributed by atoms with E-state index in [0.29, 0.717) is 32.0 Å². The molecule has 1 aromatic rings. The number of methoxy groups -OCH3 is 2. The Morgan fingerprint density at radius 3 is 2.14 bits per heavy atom. The van der Waals surface area contributed by atoms with Gasteiger partial charge in [-0.05, 0) is 18.2 Å². The third-order valence-corrected chi connectivity index (χ3v) is 2.97. The zero-order valence-electron chi connectivity index (χ0n) is 11.9. The maximum atomic E-state index is 13.0. The molecule has 0 unspecified atom stereocenters. The summed E-state index contributed by atoms with van der Waals surface area (Å²) in [5.41, 5.74) is -0.929. The van der Waals surface area contributed by atoms with E-state index >= 15 is 0 Å². The Bertz CT molecular complexity index is 455. The van der Waals surface area contributed by atoms with Crippen molar-refractivity contribution in [1.82, 2.24) is 0 Å². The summed E-state index contributed by atoms with van der Waals surface area (Å²) in [5.74, 6) is 0. The summed E-state index contributed by atoms with van der Waals surface area (Å²) >= 11 is 0. The number of anilines is 1. The molecule has 0 aliphatic carbocycles. The first-order valence-corrected chi connectivity index (χ1v) is 6.33. The Hall–Kier alpha value is -1.60. The Balaban J connectivity index is 3.10. The van der Waals surface area contributed by atoms with Crippen molar-refractivity contribution in [1.29, 1.82) is 0 Å². The van der Waals surface area contributed by atoms with Gasteiger partial charge in [0.25, 0.3) is 0 Å². The van der Waals surface area contributed by atoms with Crippen molar-refractivity contribution in [2.75, 3.05) is 45.4 Å². The van der Waals surface area contributed by atoms with Crippen molar-refractivity contribution in [3.05, 3.63) is 29.3 Å². The molecule has 0 aliphatic heterocycles. The van der Waals surface area contributed by atoms with Gasteiger partial charge in [-0.2, -0.15) is 13.2 Å². The van der Waals surface area contributed by atoms with Crippen LogP contribution in [0.2, 0.25) is 0 Å². The predicted molar refractivity (Wildman–Crippen MR) is 72.8 cm³/mol. The third kappa shape index (κ3) is 5.02. The van der Waals surface area contributed by atoms with Crippen LogP contribution in [0.15, 0.2) is 18.2 Å². The summed E-state index contributed by atoms with van der Waals surface area (Å²) in [4.78, 5) is 12.5. The molecule has 1 rings (SSSR count). The van der Waals surface area contributed by atoms with Crippen LogP contribution in [0.4, 0.5) is 18.9 Å². The smallest absolute Gasteiger partial charge is 0.383 e. The topological polar surface area (TPSA) is 38.8 Å². The van der Waals surface area contributed by atoms with Gasteiger partial charge in [-0.3, -0.25) is 4.79 Å². The lowest BCUT2D eigenvalue weighted by Crippen LogP contribution is -2.31. The number of nitrogens with zero attached hydrogens (tertiary/aromatic N) is 1. The van der Waals surface area contributed by atoms with E-state index in [2.05, 4.69) is 0 Å². The van der Waals surface area contributed by atoms with Crippen LogP contribution >= 0.6 is 0 Å². The number of halogens is 3. The molecule has 4 nitrogen and oxygen atoms in total. The molecule has 0 saturated heterocycles. The number of carbonyl (C=O) groups excluding carboxylic acids is 1. The molecule has 7 heteroatoms. The first kappa shape index (κ1) is 17.5. The summed E-state index contributed by atoms with van der Waals surface area (Å²) in [6, 6.07) is 3.65. The van der Waals surface area contributed by atoms with Gasteiger partial charge >= 0.3 is 6.18 Å². The van der Waals surface area contributed by atoms with Crippen molar-refractivity contribution >= 4 is 12.0 Å². The van der Waals surface area contributed by atoms with Gasteiger partial charge in [0, 0.05) is 38.6 Å². The van der Waals surface area contributed by atoms with Crippen molar-refractivity contribution in [3.8, 4) is 0 Å². The molecule has 0 heterocycles. The molecular weight excluding hydrogens is 287 g/mol. The normalized spacial score (nSPS) is 11.5. The number of ether oxygens (including phenoxy) is 2. The van der Waals surface area contributed by atoms with Gasteiger partial charge in [-0.25, -0.2) is 0 Å². The standard InChI is InChI=1S/C14H18F3NO3/c1-20-7-5-18(6-8-21-2)12-4-3-11(10-19)13(9-12)14(15,16)17/h3-4,9-10H,5-8H2,1-2H3. The molecule has 0 fully saturated rings. The Morgan fingerprint density at radius 2 is 1.71 bits per heavy atom. The van der Waals surface area contributed by atoms with Gasteiger partial charge in [0.15, 0.2) is 6.29 Å². The molecule has 0 N–H and O–H groups in total. The summed E-state index contributed by atoms with van der Waals surface area (Å²) in [6.45, 7) is 1.61. The molecule has 0 aliphatic rings. The van der Waals surface area contributed by atoms with Gasteiger partial charge in [0.2, 0.25) is 0 Å². The first-order chi connectivity index (χ1) is 9.93. The second-order valence-corrected chi connectivity index (χ2v) is 4.36. The highest BCUT2D eigenvalue weighted by Crippen LogP contribution is 2.34. The minimum atomic E-state index is -4.57. The molecule has 0 spiro atoms. The molecule has 0 radical (unpaired) electrons. The maximum Gasteiger partial charge on any atom is 0.417 e. The van der Waals surface area contributed by atoms with E-state index in [1.807, 2.05) is 0 Å². The zero-order valence-corrected chi connectivity index (χ0v) is 11.9. The van der Waals surface area contributed by atoms with Gasteiger partial charge in [-0.1, -0.05) is 0 Å². The van der Waals surface area contributed by atoms with Gasteiger partial charge < -0.3 is 14.4 Å². The van der Waals surface area contributed by atoms with E-state index in [0.717, 1.165) is 6.07 Å². The van der Waals surface area contributed by atoms with Crippen LogP contribution in [0.3, 0.4) is 0 Å². The minimum absolute atomic E-state index is 0.210. The van der Waals surface area contributed by atoms with Crippen LogP contribution in [0.25, 0.3) is 0 Å². The van der Waals surface area contributed by atoms with Crippen LogP contribution in [-0.2, 0) is 15.7 Å². The number of hydrogen-bond donors (Lipinski definition) is 0. The molecule has 21 heavy (non-hydrogen) atoms. The van der Waals surface area contributed by atoms with Gasteiger partial charge in [-0.15, -0.1) is 0 Å². The minimum Gasteiger partial charge on any atom is -0.383 e. The predicted octanol–water partition coefficient (Wildman–Crippen LogP) is 2.62. The molecular formula is C14H18F3NO3. The van der Waals surface area contributed by atoms with E-state index in [4.69, 9.17) is 9.47 Å². The lowest BCUT2D eigenvalue weighted by Gasteiger charge is -2.25. The number of hydrogen-bond acceptors (Lipinski definition) is 4. The second-order valence-electron chi connectivity index (χ2n) is 4.36. The lowest BCUT2D eigenvalue weighted by molar-refractivity contribution is -0.137. The van der Waals surface area contributed by atoms with Crippen molar-refractivity contribution < 1.29 is 27.4 Å². The Labute approximate surface area is 121 Å². The Morgan fingerprint density at radius 1 is 1.14 bits per heavy atom. The average molecular weight is 305 g/mol. The van der Waals surface area contributed by atoms with Crippen molar-refractivity contribution in [2.24, 2.45) is 0 Å². The van der Waals surface area contributed by atoms with E-state index < -0.39 is 11.7 Å². The molecule has 1 aromatic carbocycles. The first-order valence-electron chi connectivity index (χ1n) is 6.33. The van der Waals surface area contributed by atoms with Crippen molar-refractivity contribution in [3.63, 3.8) is 0 Å². The average Bonchev–Trinajstić information content (AvgIpc) is 2.46. The number of carbonyl (C=O) groups is 1. The third-order valence-electron chi connectivity index (χ3n) is 2.97. The monoisotopic (exact) mass is 305 g/mol. The lowest BCUT2D eigenvalue weighted by atomic mass is 10.1. The summed E-state index contributed by atoms with van der Waals surface area (Å²) < 4.78 is 48.8. The number of aldehydes is 1. The summed E-state index contributed by atoms with van der Waals surface area (Å²) in [7, 11) is 3.04. The van der Waals surface area contributed by atoms with Crippen LogP contribution in [0.1, 0.15) is 15.9 Å². The molecule has 0 atom stereocenters. The summed E-state index contributed by atoms with van der Waals surface area (Å²) in [5, 5.41) is 0. The number of rotatable bonds is 8. The highest BCUT2D eigenvalue weighted by atomic mass is 19.4. The van der Waals surface area contributed by atoms with Crippen LogP contribution in [0.5, 0.6) is 0 Å². The molecule has 0 saturated carbocycles. The van der Waals surface area contributed by atoms with E-state index in [1.165, 1.54) is 26.4 Å². The van der Waals surface area contributed by atoms with Crippen molar-refractivity contribution in [2.45, 2.75) is 6.18 Å². The molecule has 118 valence electrons. The van der Waals surface area contributed by atoms with Crippen LogP contribution < -0.4 is 4.90 Å². The maximum absolute atomic E-state index is 13.0. The Kier molecular flexibility index (Phi) is 6.64. The highest BCUT2D eigenvalue weighted by molar-refractivity contribution is 5.79. The summed E-state index contributed by atoms with van der Waals surface area (Å²) in [6.07, 6.45) is -4.36. The van der Waals surface area contributed by atoms with Gasteiger partial charge in [0.05, 0.1) is 18.8 Å². The quantitative estimate of drug-likeness (QED) is 0.692. The zero-order chi connectivity index (χ0) is 15.9. The van der Waals surface area contributed by atoms with E-state index in [9.17, 15) is 18.0 Å². The van der Waals surface area contributed by atoms with E-state index in [-0.39, 0.29) is 11.8 Å². The van der Waals surface area contributed by atoms with Gasteiger partial charge in [0.1, 0.15) is 0 Å². The molecule has 0 aromatic heterocycles. The largest absolute Gasteiger partial charge is 0.417 e. The van der Waals surface area contributed by atoms with Crippen LogP contribution in [0, 0.1) is 0 Å². The van der Waals surface area contributed by atoms with Crippen LogP contribution in [-0.4, -0.2) is 46.8 Å². The number of benzene rings is 1. The van der Waals surface area contributed by atoms with E-state index in [1.54, 1.807) is 4.90 Å². The molecule has 0 bridgehead atoms. The highest BCUT2D eigenvalue weighted by Gasteiger charge is 2.33. The second kappa shape index (κ2) is 7.99.